The quantitative estimate of drug-likeness (QED) is 0.776. The molecule has 4 nitrogen and oxygen atoms in total. The minimum atomic E-state index is 0.0418. The number of carbonyl (C=O) groups is 1. The van der Waals surface area contributed by atoms with Gasteiger partial charge in [0.25, 0.3) is 0 Å². The molecule has 2 rings (SSSR count). The summed E-state index contributed by atoms with van der Waals surface area (Å²) >= 11 is 3.43. The van der Waals surface area contributed by atoms with Crippen LogP contribution >= 0.6 is 15.9 Å². The molecule has 0 N–H and O–H groups in total. The molecule has 0 aromatic carbocycles. The van der Waals surface area contributed by atoms with Crippen LogP contribution in [0.4, 0.5) is 0 Å². The maximum atomic E-state index is 11.3. The lowest BCUT2D eigenvalue weighted by molar-refractivity contribution is 0.0656. The smallest absolute Gasteiger partial charge is 0.164 e. The molecule has 0 saturated carbocycles. The summed E-state index contributed by atoms with van der Waals surface area (Å²) in [5.41, 5.74) is 0.654. The first-order valence-electron chi connectivity index (χ1n) is 5.02. The molecule has 0 unspecified atom stereocenters. The van der Waals surface area contributed by atoms with E-state index in [1.807, 2.05) is 4.68 Å². The average Bonchev–Trinajstić information content (AvgIpc) is 2.61. The van der Waals surface area contributed by atoms with Crippen molar-refractivity contribution < 1.29 is 9.53 Å². The van der Waals surface area contributed by atoms with E-state index in [-0.39, 0.29) is 5.78 Å². The van der Waals surface area contributed by atoms with Crippen molar-refractivity contribution >= 4 is 21.7 Å². The molecular formula is C10H13BrN2O2. The molecule has 5 heteroatoms. The number of ketones is 1. The normalized spacial score (nSPS) is 18.0. The van der Waals surface area contributed by atoms with Gasteiger partial charge >= 0.3 is 0 Å². The fourth-order valence-electron chi connectivity index (χ4n) is 1.77. The van der Waals surface area contributed by atoms with E-state index in [9.17, 15) is 4.79 Å². The lowest BCUT2D eigenvalue weighted by Crippen LogP contribution is -2.20. The lowest BCUT2D eigenvalue weighted by Gasteiger charge is -2.23. The summed E-state index contributed by atoms with van der Waals surface area (Å²) in [6, 6.07) is 0.348. The van der Waals surface area contributed by atoms with Crippen molar-refractivity contribution in [2.24, 2.45) is 0 Å². The van der Waals surface area contributed by atoms with E-state index in [1.54, 1.807) is 13.1 Å². The second kappa shape index (κ2) is 4.45. The van der Waals surface area contributed by atoms with Crippen molar-refractivity contribution in [1.82, 2.24) is 9.78 Å². The summed E-state index contributed by atoms with van der Waals surface area (Å²) in [7, 11) is 0. The predicted octanol–water partition coefficient (Wildman–Crippen LogP) is 2.20. The van der Waals surface area contributed by atoms with Crippen LogP contribution in [-0.4, -0.2) is 28.8 Å². The van der Waals surface area contributed by atoms with E-state index in [2.05, 4.69) is 21.0 Å². The van der Waals surface area contributed by atoms with Crippen LogP contribution in [0.1, 0.15) is 36.2 Å². The fraction of sp³-hybridized carbons (Fsp3) is 0.600. The Labute approximate surface area is 96.7 Å². The Morgan fingerprint density at radius 3 is 2.80 bits per heavy atom. The molecule has 0 amide bonds. The molecule has 1 aromatic rings. The number of aromatic nitrogens is 2. The van der Waals surface area contributed by atoms with E-state index >= 15 is 0 Å². The fourth-order valence-corrected chi connectivity index (χ4v) is 2.53. The molecule has 1 fully saturated rings. The van der Waals surface area contributed by atoms with Gasteiger partial charge in [0.1, 0.15) is 4.60 Å². The number of Topliss-reactive ketones (excluding diaryl/α,β-unsaturated/α-hetero) is 1. The number of halogens is 1. The van der Waals surface area contributed by atoms with Crippen molar-refractivity contribution in [2.75, 3.05) is 13.2 Å². The Morgan fingerprint density at radius 1 is 1.60 bits per heavy atom. The van der Waals surface area contributed by atoms with Crippen molar-refractivity contribution in [2.45, 2.75) is 25.8 Å². The largest absolute Gasteiger partial charge is 0.381 e. The molecule has 0 bridgehead atoms. The topological polar surface area (TPSA) is 44.1 Å². The standard InChI is InChI=1S/C10H13BrN2O2/c1-7(14)9-6-12-13(10(9)11)8-2-4-15-5-3-8/h6,8H,2-5H2,1H3. The highest BCUT2D eigenvalue weighted by molar-refractivity contribution is 9.10. The molecule has 15 heavy (non-hydrogen) atoms. The molecule has 1 saturated heterocycles. The van der Waals surface area contributed by atoms with Crippen LogP contribution in [0.5, 0.6) is 0 Å². The van der Waals surface area contributed by atoms with E-state index in [0.717, 1.165) is 30.7 Å². The molecule has 2 heterocycles. The third kappa shape index (κ3) is 2.13. The molecular weight excluding hydrogens is 260 g/mol. The Bertz CT molecular complexity index is 369. The van der Waals surface area contributed by atoms with Crippen LogP contribution in [0.3, 0.4) is 0 Å². The van der Waals surface area contributed by atoms with Crippen molar-refractivity contribution in [1.29, 1.82) is 0 Å². The molecule has 1 aliphatic rings. The van der Waals surface area contributed by atoms with Gasteiger partial charge in [0.2, 0.25) is 0 Å². The van der Waals surface area contributed by atoms with Crippen LogP contribution < -0.4 is 0 Å². The molecule has 0 aliphatic carbocycles. The highest BCUT2D eigenvalue weighted by Crippen LogP contribution is 2.26. The highest BCUT2D eigenvalue weighted by atomic mass is 79.9. The van der Waals surface area contributed by atoms with E-state index in [4.69, 9.17) is 4.74 Å². The Morgan fingerprint density at radius 2 is 2.27 bits per heavy atom. The van der Waals surface area contributed by atoms with Gasteiger partial charge in [-0.05, 0) is 35.7 Å². The Kier molecular flexibility index (Phi) is 3.21. The van der Waals surface area contributed by atoms with Gasteiger partial charge in [-0.1, -0.05) is 0 Å². The predicted molar refractivity (Wildman–Crippen MR) is 59.0 cm³/mol. The second-order valence-electron chi connectivity index (χ2n) is 3.69. The maximum absolute atomic E-state index is 11.3. The molecule has 1 aromatic heterocycles. The first-order valence-corrected chi connectivity index (χ1v) is 5.81. The monoisotopic (exact) mass is 272 g/mol. The summed E-state index contributed by atoms with van der Waals surface area (Å²) < 4.78 is 7.97. The lowest BCUT2D eigenvalue weighted by atomic mass is 10.1. The maximum Gasteiger partial charge on any atom is 0.164 e. The number of hydrogen-bond donors (Lipinski definition) is 0. The zero-order valence-electron chi connectivity index (χ0n) is 8.57. The van der Waals surface area contributed by atoms with Crippen LogP contribution in [0.25, 0.3) is 0 Å². The molecule has 1 aliphatic heterocycles. The first-order chi connectivity index (χ1) is 7.20. The first kappa shape index (κ1) is 10.8. The molecule has 82 valence electrons. The summed E-state index contributed by atoms with van der Waals surface area (Å²) in [6.45, 7) is 3.09. The zero-order chi connectivity index (χ0) is 10.8. The number of hydrogen-bond acceptors (Lipinski definition) is 3. The van der Waals surface area contributed by atoms with Gasteiger partial charge < -0.3 is 4.74 Å². The van der Waals surface area contributed by atoms with Crippen LogP contribution in [0, 0.1) is 0 Å². The van der Waals surface area contributed by atoms with Crippen LogP contribution in [0.15, 0.2) is 10.8 Å². The minimum absolute atomic E-state index is 0.0418. The van der Waals surface area contributed by atoms with Gasteiger partial charge in [0.05, 0.1) is 17.8 Å². The van der Waals surface area contributed by atoms with Crippen molar-refractivity contribution in [3.05, 3.63) is 16.4 Å². The summed E-state index contributed by atoms with van der Waals surface area (Å²) in [6.07, 6.45) is 3.54. The molecule has 0 radical (unpaired) electrons. The highest BCUT2D eigenvalue weighted by Gasteiger charge is 2.21. The second-order valence-corrected chi connectivity index (χ2v) is 4.44. The zero-order valence-corrected chi connectivity index (χ0v) is 10.2. The van der Waals surface area contributed by atoms with E-state index in [0.29, 0.717) is 11.6 Å². The van der Waals surface area contributed by atoms with Crippen molar-refractivity contribution in [3.63, 3.8) is 0 Å². The Hall–Kier alpha value is -0.680. The van der Waals surface area contributed by atoms with Crippen LogP contribution in [0.2, 0.25) is 0 Å². The van der Waals surface area contributed by atoms with Gasteiger partial charge in [-0.15, -0.1) is 0 Å². The third-order valence-electron chi connectivity index (χ3n) is 2.65. The molecule has 0 atom stereocenters. The van der Waals surface area contributed by atoms with Crippen molar-refractivity contribution in [3.8, 4) is 0 Å². The van der Waals surface area contributed by atoms with Gasteiger partial charge in [0, 0.05) is 13.2 Å². The SMILES string of the molecule is CC(=O)c1cnn(C2CCOCC2)c1Br. The third-order valence-corrected chi connectivity index (χ3v) is 3.44. The van der Waals surface area contributed by atoms with Gasteiger partial charge in [-0.2, -0.15) is 5.10 Å². The summed E-state index contributed by atoms with van der Waals surface area (Å²) in [5.74, 6) is 0.0418. The average molecular weight is 273 g/mol. The number of ether oxygens (including phenoxy) is 1. The Balaban J connectivity index is 2.24. The number of carbonyl (C=O) groups excluding carboxylic acids is 1. The van der Waals surface area contributed by atoms with E-state index in [1.165, 1.54) is 0 Å². The number of nitrogens with zero attached hydrogens (tertiary/aromatic N) is 2. The van der Waals surface area contributed by atoms with Gasteiger partial charge in [0.15, 0.2) is 5.78 Å². The summed E-state index contributed by atoms with van der Waals surface area (Å²) in [5, 5.41) is 4.25. The number of rotatable bonds is 2. The van der Waals surface area contributed by atoms with Crippen LogP contribution in [-0.2, 0) is 4.74 Å². The summed E-state index contributed by atoms with van der Waals surface area (Å²) in [4.78, 5) is 11.3. The van der Waals surface area contributed by atoms with Gasteiger partial charge in [-0.3, -0.25) is 9.48 Å². The van der Waals surface area contributed by atoms with Gasteiger partial charge in [-0.25, -0.2) is 0 Å². The van der Waals surface area contributed by atoms with E-state index < -0.39 is 0 Å². The molecule has 0 spiro atoms. The minimum Gasteiger partial charge on any atom is -0.381 e.